The Kier molecular flexibility index (Phi) is 6.18. The van der Waals surface area contributed by atoms with Crippen molar-refractivity contribution in [2.24, 2.45) is 4.99 Å². The second kappa shape index (κ2) is 7.46. The molecule has 0 aromatic carbocycles. The Bertz CT molecular complexity index is 360. The Morgan fingerprint density at radius 1 is 1.56 bits per heavy atom. The summed E-state index contributed by atoms with van der Waals surface area (Å²) < 4.78 is 1.14. The van der Waals surface area contributed by atoms with Crippen molar-refractivity contribution in [1.82, 2.24) is 10.6 Å². The molecule has 2 N–H and O–H groups in total. The molecule has 0 radical (unpaired) electrons. The third kappa shape index (κ3) is 4.81. The molecule has 0 spiro atoms. The highest BCUT2D eigenvalue weighted by Crippen LogP contribution is 2.22. The van der Waals surface area contributed by atoms with Crippen molar-refractivity contribution in [1.29, 1.82) is 0 Å². The quantitative estimate of drug-likeness (QED) is 0.498. The molecule has 5 heteroatoms. The number of rotatable bonds is 5. The van der Waals surface area contributed by atoms with Crippen molar-refractivity contribution >= 4 is 33.2 Å². The van der Waals surface area contributed by atoms with Gasteiger partial charge in [-0.15, -0.1) is 17.9 Å². The van der Waals surface area contributed by atoms with Gasteiger partial charge in [0.05, 0.1) is 10.3 Å². The zero-order chi connectivity index (χ0) is 11.8. The monoisotopic (exact) mass is 301 g/mol. The lowest BCUT2D eigenvalue weighted by Crippen LogP contribution is -2.37. The average Bonchev–Trinajstić information content (AvgIpc) is 2.68. The van der Waals surface area contributed by atoms with Gasteiger partial charge in [0.1, 0.15) is 0 Å². The molecule has 0 saturated heterocycles. The number of nitrogens with one attached hydrogen (secondary N) is 2. The van der Waals surface area contributed by atoms with Crippen molar-refractivity contribution in [3.8, 4) is 0 Å². The van der Waals surface area contributed by atoms with E-state index < -0.39 is 0 Å². The normalized spacial score (nSPS) is 11.2. The Hall–Kier alpha value is -0.810. The minimum Gasteiger partial charge on any atom is -0.357 e. The summed E-state index contributed by atoms with van der Waals surface area (Å²) in [5.74, 6) is 0.826. The molecule has 0 unspecified atom stereocenters. The van der Waals surface area contributed by atoms with Crippen LogP contribution in [0.15, 0.2) is 33.6 Å². The zero-order valence-electron chi connectivity index (χ0n) is 9.29. The SMILES string of the molecule is C=CCNC(=NCc1ccc(Br)s1)NCC. The maximum Gasteiger partial charge on any atom is 0.191 e. The summed E-state index contributed by atoms with van der Waals surface area (Å²) in [6.45, 7) is 7.99. The van der Waals surface area contributed by atoms with Gasteiger partial charge in [-0.2, -0.15) is 0 Å². The number of hydrogen-bond donors (Lipinski definition) is 2. The van der Waals surface area contributed by atoms with E-state index in [0.29, 0.717) is 6.54 Å². The van der Waals surface area contributed by atoms with Gasteiger partial charge in [-0.3, -0.25) is 0 Å². The lowest BCUT2D eigenvalue weighted by molar-refractivity contribution is 0.863. The number of nitrogens with zero attached hydrogens (tertiary/aromatic N) is 1. The number of guanidine groups is 1. The van der Waals surface area contributed by atoms with Crippen molar-refractivity contribution in [2.45, 2.75) is 13.5 Å². The molecule has 1 aromatic rings. The van der Waals surface area contributed by atoms with Gasteiger partial charge in [-0.1, -0.05) is 6.08 Å². The minimum absolute atomic E-state index is 0.697. The van der Waals surface area contributed by atoms with Gasteiger partial charge in [0.15, 0.2) is 5.96 Å². The molecule has 1 aromatic heterocycles. The van der Waals surface area contributed by atoms with Gasteiger partial charge in [0.2, 0.25) is 0 Å². The van der Waals surface area contributed by atoms with Crippen molar-refractivity contribution in [3.05, 3.63) is 33.5 Å². The van der Waals surface area contributed by atoms with Crippen LogP contribution in [0.25, 0.3) is 0 Å². The average molecular weight is 302 g/mol. The van der Waals surface area contributed by atoms with Crippen molar-refractivity contribution in [2.75, 3.05) is 13.1 Å². The van der Waals surface area contributed by atoms with Gasteiger partial charge in [0, 0.05) is 18.0 Å². The molecule has 0 atom stereocenters. The molecule has 1 rings (SSSR count). The molecule has 0 saturated carbocycles. The fourth-order valence-corrected chi connectivity index (χ4v) is 2.51. The molecule has 3 nitrogen and oxygen atoms in total. The maximum absolute atomic E-state index is 4.47. The molecule has 0 fully saturated rings. The van der Waals surface area contributed by atoms with Crippen LogP contribution in [0.3, 0.4) is 0 Å². The first-order chi connectivity index (χ1) is 7.76. The van der Waals surface area contributed by atoms with Crippen LogP contribution in [0.2, 0.25) is 0 Å². The van der Waals surface area contributed by atoms with Crippen LogP contribution < -0.4 is 10.6 Å². The largest absolute Gasteiger partial charge is 0.357 e. The van der Waals surface area contributed by atoms with Crippen molar-refractivity contribution in [3.63, 3.8) is 0 Å². The Balaban J connectivity index is 2.52. The Labute approximate surface area is 109 Å². The van der Waals surface area contributed by atoms with Crippen LogP contribution in [0.5, 0.6) is 0 Å². The maximum atomic E-state index is 4.47. The number of aliphatic imine (C=N–C) groups is 1. The molecule has 0 bridgehead atoms. The van der Waals surface area contributed by atoms with E-state index in [0.717, 1.165) is 22.8 Å². The van der Waals surface area contributed by atoms with E-state index in [2.05, 4.69) is 44.2 Å². The summed E-state index contributed by atoms with van der Waals surface area (Å²) in [4.78, 5) is 5.71. The van der Waals surface area contributed by atoms with Crippen LogP contribution >= 0.6 is 27.3 Å². The molecule has 0 aliphatic heterocycles. The molecular weight excluding hydrogens is 286 g/mol. The van der Waals surface area contributed by atoms with Crippen LogP contribution in [-0.2, 0) is 6.54 Å². The highest BCUT2D eigenvalue weighted by molar-refractivity contribution is 9.11. The lowest BCUT2D eigenvalue weighted by atomic mass is 10.5. The molecule has 0 amide bonds. The van der Waals surface area contributed by atoms with Gasteiger partial charge in [-0.05, 0) is 35.0 Å². The predicted octanol–water partition coefficient (Wildman–Crippen LogP) is 2.75. The van der Waals surface area contributed by atoms with Crippen LogP contribution in [0.4, 0.5) is 0 Å². The molecule has 16 heavy (non-hydrogen) atoms. The number of thiophene rings is 1. The molecule has 0 aliphatic rings. The fraction of sp³-hybridized carbons (Fsp3) is 0.364. The molecular formula is C11H16BrN3S. The number of halogens is 1. The van der Waals surface area contributed by atoms with Gasteiger partial charge in [-0.25, -0.2) is 4.99 Å². The zero-order valence-corrected chi connectivity index (χ0v) is 11.7. The summed E-state index contributed by atoms with van der Waals surface area (Å²) in [6, 6.07) is 4.12. The van der Waals surface area contributed by atoms with E-state index in [1.54, 1.807) is 11.3 Å². The van der Waals surface area contributed by atoms with Crippen molar-refractivity contribution < 1.29 is 0 Å². The topological polar surface area (TPSA) is 36.4 Å². The highest BCUT2D eigenvalue weighted by Gasteiger charge is 1.98. The Morgan fingerprint density at radius 2 is 2.38 bits per heavy atom. The summed E-state index contributed by atoms with van der Waals surface area (Å²) in [7, 11) is 0. The highest BCUT2D eigenvalue weighted by atomic mass is 79.9. The summed E-state index contributed by atoms with van der Waals surface area (Å²) >= 11 is 5.14. The second-order valence-corrected chi connectivity index (χ2v) is 5.62. The number of hydrogen-bond acceptors (Lipinski definition) is 2. The Morgan fingerprint density at radius 3 is 2.94 bits per heavy atom. The third-order valence-electron chi connectivity index (χ3n) is 1.78. The fourth-order valence-electron chi connectivity index (χ4n) is 1.10. The standard InChI is InChI=1S/C11H16BrN3S/c1-3-7-14-11(13-4-2)15-8-9-5-6-10(12)16-9/h3,5-6H,1,4,7-8H2,2H3,(H2,13,14,15). The van der Waals surface area contributed by atoms with E-state index in [9.17, 15) is 0 Å². The van der Waals surface area contributed by atoms with Gasteiger partial charge < -0.3 is 10.6 Å². The minimum atomic E-state index is 0.697. The first-order valence-corrected chi connectivity index (χ1v) is 6.74. The first-order valence-electron chi connectivity index (χ1n) is 5.13. The predicted molar refractivity (Wildman–Crippen MR) is 75.0 cm³/mol. The van der Waals surface area contributed by atoms with E-state index in [1.807, 2.05) is 19.1 Å². The van der Waals surface area contributed by atoms with Crippen LogP contribution in [0.1, 0.15) is 11.8 Å². The second-order valence-electron chi connectivity index (χ2n) is 3.07. The third-order valence-corrected chi connectivity index (χ3v) is 3.39. The first kappa shape index (κ1) is 13.3. The summed E-state index contributed by atoms with van der Waals surface area (Å²) in [5, 5.41) is 6.34. The van der Waals surface area contributed by atoms with Crippen LogP contribution in [0, 0.1) is 0 Å². The smallest absolute Gasteiger partial charge is 0.191 e. The molecule has 88 valence electrons. The van der Waals surface area contributed by atoms with E-state index in [4.69, 9.17) is 0 Å². The van der Waals surface area contributed by atoms with E-state index >= 15 is 0 Å². The van der Waals surface area contributed by atoms with Gasteiger partial charge >= 0.3 is 0 Å². The molecule has 0 aliphatic carbocycles. The van der Waals surface area contributed by atoms with Crippen LogP contribution in [-0.4, -0.2) is 19.0 Å². The lowest BCUT2D eigenvalue weighted by Gasteiger charge is -2.08. The molecule has 1 heterocycles. The summed E-state index contributed by atoms with van der Waals surface area (Å²) in [6.07, 6.45) is 1.81. The van der Waals surface area contributed by atoms with E-state index in [1.165, 1.54) is 4.88 Å². The van der Waals surface area contributed by atoms with E-state index in [-0.39, 0.29) is 0 Å². The van der Waals surface area contributed by atoms with Gasteiger partial charge in [0.25, 0.3) is 0 Å². The summed E-state index contributed by atoms with van der Waals surface area (Å²) in [5.41, 5.74) is 0.